The molecule has 1 aliphatic heterocycles. The molecule has 15 nitrogen and oxygen atoms in total. The third kappa shape index (κ3) is 14.8. The maximum Gasteiger partial charge on any atom is 0.243 e. The lowest BCUT2D eigenvalue weighted by Gasteiger charge is -2.19. The second-order valence-electron chi connectivity index (χ2n) is 8.33. The minimum absolute atomic E-state index is 0.0561. The van der Waals surface area contributed by atoms with Gasteiger partial charge in [-0.1, -0.05) is 0 Å². The predicted molar refractivity (Wildman–Crippen MR) is 139 cm³/mol. The van der Waals surface area contributed by atoms with E-state index in [4.69, 9.17) is 19.7 Å². The van der Waals surface area contributed by atoms with E-state index in [0.29, 0.717) is 0 Å². The van der Waals surface area contributed by atoms with Crippen molar-refractivity contribution in [2.24, 2.45) is 0 Å². The molecule has 0 aromatic rings. The van der Waals surface area contributed by atoms with Crippen LogP contribution in [0.1, 0.15) is 26.2 Å². The van der Waals surface area contributed by atoms with Crippen molar-refractivity contribution in [1.82, 2.24) is 26.2 Å². The lowest BCUT2D eigenvalue weighted by Crippen LogP contribution is -2.48. The van der Waals surface area contributed by atoms with Crippen LogP contribution in [0.3, 0.4) is 0 Å². The van der Waals surface area contributed by atoms with Gasteiger partial charge in [-0.15, -0.1) is 11.8 Å². The minimum Gasteiger partial charge on any atom is -0.395 e. The SMILES string of the molecule is CC(=O)NC(CSC1CC(=O)N(CCC(=O)NCCO)C1=O)C(=O)NCCOCCOCCC(=O)NCCO. The molecule has 0 saturated carbocycles. The topological polar surface area (TPSA) is 213 Å². The van der Waals surface area contributed by atoms with Gasteiger partial charge in [0, 0.05) is 58.1 Å². The highest BCUT2D eigenvalue weighted by Gasteiger charge is 2.39. The summed E-state index contributed by atoms with van der Waals surface area (Å²) in [6, 6.07) is -0.936. The number of hydrogen-bond acceptors (Lipinski definition) is 11. The molecule has 1 heterocycles. The smallest absolute Gasteiger partial charge is 0.243 e. The fraction of sp³-hybridized carbons (Fsp3) is 0.739. The van der Waals surface area contributed by atoms with Gasteiger partial charge in [-0.2, -0.15) is 0 Å². The van der Waals surface area contributed by atoms with E-state index in [0.717, 1.165) is 16.7 Å². The van der Waals surface area contributed by atoms with Crippen molar-refractivity contribution in [3.05, 3.63) is 0 Å². The van der Waals surface area contributed by atoms with Crippen molar-refractivity contribution >= 4 is 47.2 Å². The van der Waals surface area contributed by atoms with Gasteiger partial charge in [0.2, 0.25) is 35.4 Å². The maximum absolute atomic E-state index is 12.6. The van der Waals surface area contributed by atoms with Crippen molar-refractivity contribution in [2.75, 3.05) is 71.6 Å². The van der Waals surface area contributed by atoms with Crippen LogP contribution in [0.25, 0.3) is 0 Å². The van der Waals surface area contributed by atoms with Crippen LogP contribution in [0.4, 0.5) is 0 Å². The summed E-state index contributed by atoms with van der Waals surface area (Å²) in [5.74, 6) is -2.33. The van der Waals surface area contributed by atoms with Crippen molar-refractivity contribution in [3.8, 4) is 0 Å². The molecule has 6 N–H and O–H groups in total. The summed E-state index contributed by atoms with van der Waals surface area (Å²) in [7, 11) is 0. The van der Waals surface area contributed by atoms with Crippen LogP contribution >= 0.6 is 11.8 Å². The molecule has 1 aliphatic rings. The molecular weight excluding hydrogens is 538 g/mol. The van der Waals surface area contributed by atoms with Crippen molar-refractivity contribution in [2.45, 2.75) is 37.5 Å². The Labute approximate surface area is 231 Å². The lowest BCUT2D eigenvalue weighted by molar-refractivity contribution is -0.138. The predicted octanol–water partition coefficient (Wildman–Crippen LogP) is -3.50. The highest BCUT2D eigenvalue weighted by molar-refractivity contribution is 8.00. The second kappa shape index (κ2) is 20.2. The number of aliphatic hydroxyl groups is 2. The number of aliphatic hydroxyl groups excluding tert-OH is 2. The van der Waals surface area contributed by atoms with Crippen LogP contribution in [0.2, 0.25) is 0 Å². The zero-order valence-corrected chi connectivity index (χ0v) is 22.9. The van der Waals surface area contributed by atoms with Crippen molar-refractivity contribution < 1.29 is 48.5 Å². The van der Waals surface area contributed by atoms with E-state index in [1.807, 2.05) is 0 Å². The van der Waals surface area contributed by atoms with E-state index in [2.05, 4.69) is 21.3 Å². The fourth-order valence-corrected chi connectivity index (χ4v) is 4.49. The van der Waals surface area contributed by atoms with Gasteiger partial charge in [-0.05, 0) is 0 Å². The van der Waals surface area contributed by atoms with Gasteiger partial charge in [-0.25, -0.2) is 0 Å². The number of ether oxygens (including phenoxy) is 2. The Bertz CT molecular complexity index is 831. The summed E-state index contributed by atoms with van der Waals surface area (Å²) >= 11 is 1.08. The van der Waals surface area contributed by atoms with Crippen molar-refractivity contribution in [1.29, 1.82) is 0 Å². The molecule has 0 aliphatic carbocycles. The third-order valence-corrected chi connectivity index (χ3v) is 6.48. The summed E-state index contributed by atoms with van der Waals surface area (Å²) in [6.45, 7) is 2.18. The number of nitrogens with zero attached hydrogens (tertiary/aromatic N) is 1. The molecule has 0 aromatic heterocycles. The third-order valence-electron chi connectivity index (χ3n) is 5.18. The number of hydrogen-bond donors (Lipinski definition) is 6. The molecule has 0 aromatic carbocycles. The van der Waals surface area contributed by atoms with Crippen LogP contribution in [-0.4, -0.2) is 133 Å². The van der Waals surface area contributed by atoms with E-state index < -0.39 is 34.9 Å². The van der Waals surface area contributed by atoms with E-state index >= 15 is 0 Å². The first-order valence-electron chi connectivity index (χ1n) is 12.6. The normalized spacial score (nSPS) is 15.7. The van der Waals surface area contributed by atoms with Crippen molar-refractivity contribution in [3.63, 3.8) is 0 Å². The molecule has 6 amide bonds. The first-order valence-corrected chi connectivity index (χ1v) is 13.7. The molecule has 0 bridgehead atoms. The number of imide groups is 1. The molecule has 16 heteroatoms. The van der Waals surface area contributed by atoms with Gasteiger partial charge in [0.05, 0.1) is 44.9 Å². The van der Waals surface area contributed by atoms with Crippen LogP contribution in [-0.2, 0) is 38.2 Å². The Morgan fingerprint density at radius 1 is 0.923 bits per heavy atom. The fourth-order valence-electron chi connectivity index (χ4n) is 3.30. The number of thioether (sulfide) groups is 1. The molecular formula is C23H39N5O10S. The standard InChI is InChI=1S/C23H39N5O10S/c1-16(31)27-17(22(35)26-6-11-38-13-12-37-10-3-20(33)25-5-9-30)15-39-18-14-21(34)28(23(18)36)7-2-19(32)24-4-8-29/h17-18,29-30H,2-15H2,1H3,(H,24,32)(H,25,33)(H,26,35)(H,27,31). The largest absolute Gasteiger partial charge is 0.395 e. The van der Waals surface area contributed by atoms with Crippen LogP contribution in [0.15, 0.2) is 0 Å². The number of carbonyl (C=O) groups excluding carboxylic acids is 6. The van der Waals surface area contributed by atoms with Gasteiger partial charge < -0.3 is 41.0 Å². The second-order valence-corrected chi connectivity index (χ2v) is 9.56. The number of amides is 6. The zero-order chi connectivity index (χ0) is 29.0. The maximum atomic E-state index is 12.6. The molecule has 222 valence electrons. The van der Waals surface area contributed by atoms with Gasteiger partial charge in [0.15, 0.2) is 0 Å². The Morgan fingerprint density at radius 2 is 1.54 bits per heavy atom. The molecule has 1 saturated heterocycles. The molecule has 1 fully saturated rings. The first-order chi connectivity index (χ1) is 18.7. The molecule has 39 heavy (non-hydrogen) atoms. The number of nitrogens with one attached hydrogen (secondary N) is 4. The summed E-state index contributed by atoms with van der Waals surface area (Å²) in [5.41, 5.74) is 0. The average Bonchev–Trinajstić information content (AvgIpc) is 3.17. The highest BCUT2D eigenvalue weighted by Crippen LogP contribution is 2.26. The quantitative estimate of drug-likeness (QED) is 0.0582. The van der Waals surface area contributed by atoms with Gasteiger partial charge in [0.25, 0.3) is 0 Å². The van der Waals surface area contributed by atoms with Crippen LogP contribution in [0, 0.1) is 0 Å². The van der Waals surface area contributed by atoms with Gasteiger partial charge in [-0.3, -0.25) is 33.7 Å². The Kier molecular flexibility index (Phi) is 17.7. The van der Waals surface area contributed by atoms with Crippen LogP contribution < -0.4 is 21.3 Å². The lowest BCUT2D eigenvalue weighted by atomic mass is 10.3. The molecule has 0 spiro atoms. The van der Waals surface area contributed by atoms with E-state index in [1.165, 1.54) is 6.92 Å². The summed E-state index contributed by atoms with van der Waals surface area (Å²) in [4.78, 5) is 73.1. The Balaban J connectivity index is 2.33. The van der Waals surface area contributed by atoms with Crippen LogP contribution in [0.5, 0.6) is 0 Å². The molecule has 2 atom stereocenters. The molecule has 1 rings (SSSR count). The monoisotopic (exact) mass is 577 g/mol. The van der Waals surface area contributed by atoms with E-state index in [9.17, 15) is 28.8 Å². The summed E-state index contributed by atoms with van der Waals surface area (Å²) < 4.78 is 10.6. The van der Waals surface area contributed by atoms with E-state index in [1.54, 1.807) is 0 Å². The Morgan fingerprint density at radius 3 is 2.15 bits per heavy atom. The van der Waals surface area contributed by atoms with Gasteiger partial charge in [0.1, 0.15) is 6.04 Å². The number of likely N-dealkylation sites (tertiary alicyclic amines) is 1. The summed E-state index contributed by atoms with van der Waals surface area (Å²) in [6.07, 6.45) is 0.0157. The zero-order valence-electron chi connectivity index (χ0n) is 22.1. The molecule has 0 radical (unpaired) electrons. The first kappa shape index (κ1) is 34.2. The number of carbonyl (C=O) groups is 6. The number of rotatable bonds is 21. The van der Waals surface area contributed by atoms with E-state index in [-0.39, 0.29) is 103 Å². The van der Waals surface area contributed by atoms with Gasteiger partial charge >= 0.3 is 0 Å². The Hall–Kier alpha value is -2.79. The highest BCUT2D eigenvalue weighted by atomic mass is 32.2. The average molecular weight is 578 g/mol. The summed E-state index contributed by atoms with van der Waals surface area (Å²) in [5, 5.41) is 26.8. The minimum atomic E-state index is -0.936. The molecule has 2 unspecified atom stereocenters.